The molecular weight excluding hydrogens is 212 g/mol. The topological polar surface area (TPSA) is 29.5 Å². The Labute approximate surface area is 105 Å². The Kier molecular flexibility index (Phi) is 2.45. The van der Waals surface area contributed by atoms with Gasteiger partial charge >= 0.3 is 0 Å². The molecule has 0 spiro atoms. The normalized spacial score (nSPS) is 57.5. The molecule has 0 aromatic rings. The van der Waals surface area contributed by atoms with Crippen molar-refractivity contribution in [1.29, 1.82) is 0 Å². The predicted molar refractivity (Wildman–Crippen MR) is 67.7 cm³/mol. The molecule has 6 atom stereocenters. The first-order valence-corrected chi connectivity index (χ1v) is 7.25. The first-order valence-electron chi connectivity index (χ1n) is 7.25. The SMILES string of the molecule is CC(C)C1CCC2(C)OC1C1C2CCC1(C)O. The van der Waals surface area contributed by atoms with Crippen molar-refractivity contribution in [2.24, 2.45) is 23.7 Å². The highest BCUT2D eigenvalue weighted by atomic mass is 16.5. The summed E-state index contributed by atoms with van der Waals surface area (Å²) in [5.74, 6) is 2.27. The fourth-order valence-electron chi connectivity index (χ4n) is 4.90. The predicted octanol–water partition coefficient (Wildman–Crippen LogP) is 2.99. The van der Waals surface area contributed by atoms with Crippen molar-refractivity contribution in [3.05, 3.63) is 0 Å². The minimum Gasteiger partial charge on any atom is -0.390 e. The quantitative estimate of drug-likeness (QED) is 0.761. The Morgan fingerprint density at radius 3 is 2.53 bits per heavy atom. The molecule has 2 saturated heterocycles. The van der Waals surface area contributed by atoms with Gasteiger partial charge in [0.25, 0.3) is 0 Å². The summed E-state index contributed by atoms with van der Waals surface area (Å²) in [5.41, 5.74) is -0.439. The number of hydrogen-bond donors (Lipinski definition) is 1. The maximum absolute atomic E-state index is 10.6. The first kappa shape index (κ1) is 12.0. The van der Waals surface area contributed by atoms with Gasteiger partial charge in [-0.1, -0.05) is 13.8 Å². The lowest BCUT2D eigenvalue weighted by Gasteiger charge is -2.40. The second-order valence-corrected chi connectivity index (χ2v) is 7.37. The van der Waals surface area contributed by atoms with E-state index in [1.165, 1.54) is 12.8 Å². The van der Waals surface area contributed by atoms with Crippen molar-refractivity contribution in [2.45, 2.75) is 70.7 Å². The Morgan fingerprint density at radius 1 is 1.18 bits per heavy atom. The van der Waals surface area contributed by atoms with Crippen molar-refractivity contribution in [2.75, 3.05) is 0 Å². The fraction of sp³-hybridized carbons (Fsp3) is 1.00. The maximum atomic E-state index is 10.6. The van der Waals surface area contributed by atoms with Gasteiger partial charge in [0.2, 0.25) is 0 Å². The number of rotatable bonds is 1. The van der Waals surface area contributed by atoms with Gasteiger partial charge in [-0.25, -0.2) is 0 Å². The van der Waals surface area contributed by atoms with Gasteiger partial charge in [-0.3, -0.25) is 0 Å². The van der Waals surface area contributed by atoms with E-state index in [-0.39, 0.29) is 5.60 Å². The Balaban J connectivity index is 1.96. The standard InChI is InChI=1S/C15H26O2/c1-9(2)10-5-8-15(4)11-6-7-14(3,16)12(11)13(10)17-15/h9-13,16H,5-8H2,1-4H3. The number of hydrogen-bond acceptors (Lipinski definition) is 2. The van der Waals surface area contributed by atoms with Gasteiger partial charge in [-0.15, -0.1) is 0 Å². The summed E-state index contributed by atoms with van der Waals surface area (Å²) in [6.07, 6.45) is 4.88. The monoisotopic (exact) mass is 238 g/mol. The van der Waals surface area contributed by atoms with Gasteiger partial charge < -0.3 is 9.84 Å². The average molecular weight is 238 g/mol. The van der Waals surface area contributed by atoms with Crippen LogP contribution in [0.25, 0.3) is 0 Å². The van der Waals surface area contributed by atoms with Crippen LogP contribution in [0.2, 0.25) is 0 Å². The molecule has 17 heavy (non-hydrogen) atoms. The summed E-state index contributed by atoms with van der Waals surface area (Å²) >= 11 is 0. The fourth-order valence-corrected chi connectivity index (χ4v) is 4.90. The zero-order chi connectivity index (χ0) is 12.4. The molecule has 0 aromatic heterocycles. The molecule has 3 aliphatic rings. The van der Waals surface area contributed by atoms with Crippen LogP contribution in [-0.2, 0) is 4.74 Å². The Hall–Kier alpha value is -0.0800. The third kappa shape index (κ3) is 1.53. The van der Waals surface area contributed by atoms with E-state index >= 15 is 0 Å². The van der Waals surface area contributed by atoms with Crippen molar-refractivity contribution < 1.29 is 9.84 Å². The molecule has 0 amide bonds. The van der Waals surface area contributed by atoms with Crippen molar-refractivity contribution >= 4 is 0 Å². The van der Waals surface area contributed by atoms with Crippen LogP contribution in [-0.4, -0.2) is 22.4 Å². The molecule has 6 unspecified atom stereocenters. The van der Waals surface area contributed by atoms with Gasteiger partial charge in [0, 0.05) is 5.92 Å². The molecule has 3 fully saturated rings. The zero-order valence-electron chi connectivity index (χ0n) is 11.6. The molecule has 1 saturated carbocycles. The molecule has 2 heterocycles. The second-order valence-electron chi connectivity index (χ2n) is 7.37. The van der Waals surface area contributed by atoms with Crippen LogP contribution in [0, 0.1) is 23.7 Å². The lowest BCUT2D eigenvalue weighted by atomic mass is 9.76. The third-order valence-electron chi connectivity index (χ3n) is 5.91. The largest absolute Gasteiger partial charge is 0.390 e. The summed E-state index contributed by atoms with van der Waals surface area (Å²) in [4.78, 5) is 0. The van der Waals surface area contributed by atoms with Crippen molar-refractivity contribution in [1.82, 2.24) is 0 Å². The van der Waals surface area contributed by atoms with E-state index in [0.29, 0.717) is 29.8 Å². The molecule has 1 aliphatic carbocycles. The van der Waals surface area contributed by atoms with E-state index < -0.39 is 5.60 Å². The van der Waals surface area contributed by atoms with Gasteiger partial charge in [0.15, 0.2) is 0 Å². The summed E-state index contributed by atoms with van der Waals surface area (Å²) in [6, 6.07) is 0. The van der Waals surface area contributed by atoms with Crippen LogP contribution in [0.4, 0.5) is 0 Å². The number of aliphatic hydroxyl groups is 1. The molecular formula is C15H26O2. The average Bonchev–Trinajstić information content (AvgIpc) is 2.64. The summed E-state index contributed by atoms with van der Waals surface area (Å²) in [7, 11) is 0. The third-order valence-corrected chi connectivity index (χ3v) is 5.91. The minimum atomic E-state index is -0.495. The van der Waals surface area contributed by atoms with Gasteiger partial charge in [0.05, 0.1) is 17.3 Å². The van der Waals surface area contributed by atoms with Crippen molar-refractivity contribution in [3.8, 4) is 0 Å². The molecule has 1 N–H and O–H groups in total. The number of fused-ring (bicyclic) bond motifs is 5. The summed E-state index contributed by atoms with van der Waals surface area (Å²) in [6.45, 7) is 8.91. The van der Waals surface area contributed by atoms with E-state index in [0.717, 1.165) is 12.8 Å². The van der Waals surface area contributed by atoms with E-state index in [1.807, 2.05) is 6.92 Å². The van der Waals surface area contributed by atoms with Crippen LogP contribution in [0.5, 0.6) is 0 Å². The van der Waals surface area contributed by atoms with Crippen LogP contribution in [0.1, 0.15) is 53.4 Å². The molecule has 3 rings (SSSR count). The van der Waals surface area contributed by atoms with E-state index in [2.05, 4.69) is 20.8 Å². The minimum absolute atomic E-state index is 0.0568. The highest BCUT2D eigenvalue weighted by molar-refractivity contribution is 5.13. The zero-order valence-corrected chi connectivity index (χ0v) is 11.6. The molecule has 0 radical (unpaired) electrons. The van der Waals surface area contributed by atoms with Crippen molar-refractivity contribution in [3.63, 3.8) is 0 Å². The van der Waals surface area contributed by atoms with Crippen LogP contribution >= 0.6 is 0 Å². The van der Waals surface area contributed by atoms with Crippen LogP contribution in [0.15, 0.2) is 0 Å². The molecule has 2 bridgehead atoms. The highest BCUT2D eigenvalue weighted by Gasteiger charge is 2.64. The molecule has 2 aliphatic heterocycles. The van der Waals surface area contributed by atoms with Gasteiger partial charge in [-0.2, -0.15) is 0 Å². The highest BCUT2D eigenvalue weighted by Crippen LogP contribution is 2.61. The van der Waals surface area contributed by atoms with E-state index in [9.17, 15) is 5.11 Å². The molecule has 2 nitrogen and oxygen atoms in total. The summed E-state index contributed by atoms with van der Waals surface area (Å²) < 4.78 is 6.40. The van der Waals surface area contributed by atoms with Gasteiger partial charge in [-0.05, 0) is 57.3 Å². The number of ether oxygens (including phenoxy) is 1. The Bertz CT molecular complexity index is 323. The lowest BCUT2D eigenvalue weighted by Crippen LogP contribution is -2.43. The lowest BCUT2D eigenvalue weighted by molar-refractivity contribution is -0.134. The molecule has 0 aromatic carbocycles. The van der Waals surface area contributed by atoms with Crippen LogP contribution in [0.3, 0.4) is 0 Å². The van der Waals surface area contributed by atoms with E-state index in [1.54, 1.807) is 0 Å². The van der Waals surface area contributed by atoms with Crippen LogP contribution < -0.4 is 0 Å². The Morgan fingerprint density at radius 2 is 1.88 bits per heavy atom. The maximum Gasteiger partial charge on any atom is 0.0691 e. The summed E-state index contributed by atoms with van der Waals surface area (Å²) in [5, 5.41) is 10.6. The van der Waals surface area contributed by atoms with E-state index in [4.69, 9.17) is 4.74 Å². The smallest absolute Gasteiger partial charge is 0.0691 e. The molecule has 98 valence electrons. The van der Waals surface area contributed by atoms with Gasteiger partial charge in [0.1, 0.15) is 0 Å². The molecule has 2 heteroatoms. The first-order chi connectivity index (χ1) is 7.85. The second kappa shape index (κ2) is 3.48.